The molecule has 2 fully saturated rings. The first-order valence-electron chi connectivity index (χ1n) is 9.11. The molecular weight excluding hydrogens is 352 g/mol. The molecule has 0 radical (unpaired) electrons. The van der Waals surface area contributed by atoms with E-state index in [1.807, 2.05) is 6.92 Å². The number of hydrogen-bond acceptors (Lipinski definition) is 7. The van der Waals surface area contributed by atoms with E-state index >= 15 is 0 Å². The van der Waals surface area contributed by atoms with Crippen molar-refractivity contribution in [2.45, 2.75) is 63.6 Å². The molecule has 0 aromatic carbocycles. The van der Waals surface area contributed by atoms with Crippen LogP contribution in [0.3, 0.4) is 0 Å². The summed E-state index contributed by atoms with van der Waals surface area (Å²) in [6.07, 6.45) is 2.69. The molecule has 3 aliphatic heterocycles. The lowest BCUT2D eigenvalue weighted by molar-refractivity contribution is -0.205. The largest absolute Gasteiger partial charge is 0.458 e. The summed E-state index contributed by atoms with van der Waals surface area (Å²) in [6.45, 7) is 8.59. The van der Waals surface area contributed by atoms with Gasteiger partial charge in [0.15, 0.2) is 5.79 Å². The van der Waals surface area contributed by atoms with E-state index in [1.54, 1.807) is 19.9 Å². The van der Waals surface area contributed by atoms with E-state index in [2.05, 4.69) is 6.58 Å². The minimum Gasteiger partial charge on any atom is -0.458 e. The van der Waals surface area contributed by atoms with Gasteiger partial charge < -0.3 is 24.4 Å². The van der Waals surface area contributed by atoms with E-state index in [1.165, 1.54) is 6.08 Å². The highest BCUT2D eigenvalue weighted by molar-refractivity contribution is 5.92. The second kappa shape index (κ2) is 6.89. The van der Waals surface area contributed by atoms with E-state index in [-0.39, 0.29) is 24.0 Å². The summed E-state index contributed by atoms with van der Waals surface area (Å²) < 4.78 is 17.1. The number of carbonyl (C=O) groups excluding carboxylic acids is 2. The monoisotopic (exact) mass is 378 g/mol. The lowest BCUT2D eigenvalue weighted by atomic mass is 9.81. The highest BCUT2D eigenvalue weighted by atomic mass is 16.6. The highest BCUT2D eigenvalue weighted by Gasteiger charge is 2.54. The third-order valence-corrected chi connectivity index (χ3v) is 5.75. The maximum atomic E-state index is 12.4. The van der Waals surface area contributed by atoms with Gasteiger partial charge in [0.2, 0.25) is 0 Å². The van der Waals surface area contributed by atoms with Crippen molar-refractivity contribution in [2.24, 2.45) is 5.92 Å². The summed E-state index contributed by atoms with van der Waals surface area (Å²) in [7, 11) is 0. The number of fused-ring (bicyclic) bond motifs is 3. The number of ether oxygens (including phenoxy) is 3. The van der Waals surface area contributed by atoms with Gasteiger partial charge in [-0.25, -0.2) is 9.59 Å². The number of carbonyl (C=O) groups is 2. The van der Waals surface area contributed by atoms with Crippen LogP contribution >= 0.6 is 0 Å². The van der Waals surface area contributed by atoms with E-state index in [0.717, 1.165) is 0 Å². The molecular formula is C20H26O7. The number of esters is 2. The zero-order valence-electron chi connectivity index (χ0n) is 15.9. The molecule has 148 valence electrons. The molecule has 27 heavy (non-hydrogen) atoms. The molecule has 3 aliphatic rings. The topological polar surface area (TPSA) is 102 Å². The van der Waals surface area contributed by atoms with Crippen LogP contribution in [-0.2, 0) is 23.8 Å². The van der Waals surface area contributed by atoms with Crippen LogP contribution in [0.2, 0.25) is 0 Å². The van der Waals surface area contributed by atoms with Crippen molar-refractivity contribution in [3.8, 4) is 0 Å². The van der Waals surface area contributed by atoms with Crippen LogP contribution in [0.4, 0.5) is 0 Å². The van der Waals surface area contributed by atoms with Gasteiger partial charge >= 0.3 is 11.9 Å². The summed E-state index contributed by atoms with van der Waals surface area (Å²) >= 11 is 0. The number of aliphatic hydroxyl groups excluding tert-OH is 1. The average molecular weight is 378 g/mol. The third-order valence-electron chi connectivity index (χ3n) is 5.75. The van der Waals surface area contributed by atoms with Crippen LogP contribution in [0.1, 0.15) is 40.0 Å². The smallest absolute Gasteiger partial charge is 0.334 e. The zero-order chi connectivity index (χ0) is 20.0. The lowest BCUT2D eigenvalue weighted by Gasteiger charge is -2.33. The van der Waals surface area contributed by atoms with Gasteiger partial charge in [-0.15, -0.1) is 0 Å². The Morgan fingerprint density at radius 2 is 2.19 bits per heavy atom. The summed E-state index contributed by atoms with van der Waals surface area (Å²) in [5.74, 6) is -3.32. The Labute approximate surface area is 158 Å². The second-order valence-electron chi connectivity index (χ2n) is 7.73. The van der Waals surface area contributed by atoms with Gasteiger partial charge in [-0.05, 0) is 33.3 Å². The molecule has 0 aliphatic carbocycles. The van der Waals surface area contributed by atoms with Gasteiger partial charge in [0, 0.05) is 29.6 Å². The molecule has 2 N–H and O–H groups in total. The van der Waals surface area contributed by atoms with Gasteiger partial charge in [0.1, 0.15) is 12.2 Å². The fraction of sp³-hybridized carbons (Fsp3) is 0.600. The Morgan fingerprint density at radius 3 is 2.81 bits per heavy atom. The van der Waals surface area contributed by atoms with Crippen LogP contribution in [0.25, 0.3) is 0 Å². The van der Waals surface area contributed by atoms with Crippen molar-refractivity contribution < 1.29 is 34.0 Å². The summed E-state index contributed by atoms with van der Waals surface area (Å²) in [5, 5.41) is 20.7. The molecule has 0 saturated carbocycles. The maximum Gasteiger partial charge on any atom is 0.334 e. The number of aliphatic hydroxyl groups is 2. The van der Waals surface area contributed by atoms with Gasteiger partial charge in [-0.2, -0.15) is 0 Å². The minimum absolute atomic E-state index is 0.206. The third kappa shape index (κ3) is 3.47. The Kier molecular flexibility index (Phi) is 5.05. The first-order chi connectivity index (χ1) is 12.6. The summed E-state index contributed by atoms with van der Waals surface area (Å²) in [5.41, 5.74) is 0.0968. The zero-order valence-corrected chi connectivity index (χ0v) is 15.9. The Bertz CT molecular complexity index is 737. The molecule has 0 aromatic rings. The lowest BCUT2D eigenvalue weighted by Crippen LogP contribution is -2.40. The molecule has 0 aromatic heterocycles. The van der Waals surface area contributed by atoms with Gasteiger partial charge in [-0.3, -0.25) is 0 Å². The van der Waals surface area contributed by atoms with Crippen molar-refractivity contribution in [2.75, 3.05) is 6.61 Å². The SMILES string of the molecule is C=C1C(=O)O[C@@H]2/C=C(/CO)C3(O)CCC(C)(CC(OC(=O)/C(C)=C\C)C12)O3. The predicted molar refractivity (Wildman–Crippen MR) is 95.3 cm³/mol. The minimum atomic E-state index is -1.64. The van der Waals surface area contributed by atoms with E-state index < -0.39 is 48.1 Å². The average Bonchev–Trinajstić information content (AvgIpc) is 3.08. The first kappa shape index (κ1) is 19.8. The van der Waals surface area contributed by atoms with E-state index in [4.69, 9.17) is 14.2 Å². The van der Waals surface area contributed by atoms with Gasteiger partial charge in [-0.1, -0.05) is 12.7 Å². The number of allylic oxidation sites excluding steroid dienone is 1. The second-order valence-corrected chi connectivity index (χ2v) is 7.73. The maximum absolute atomic E-state index is 12.4. The summed E-state index contributed by atoms with van der Waals surface area (Å²) in [4.78, 5) is 24.6. The quantitative estimate of drug-likeness (QED) is 0.436. The van der Waals surface area contributed by atoms with Crippen molar-refractivity contribution in [1.29, 1.82) is 0 Å². The van der Waals surface area contributed by atoms with Gasteiger partial charge in [0.05, 0.1) is 18.1 Å². The summed E-state index contributed by atoms with van der Waals surface area (Å²) in [6, 6.07) is 0. The molecule has 0 amide bonds. The normalized spacial score (nSPS) is 41.0. The molecule has 7 nitrogen and oxygen atoms in total. The fourth-order valence-electron chi connectivity index (χ4n) is 4.01. The molecule has 0 spiro atoms. The first-order valence-corrected chi connectivity index (χ1v) is 9.11. The van der Waals surface area contributed by atoms with Crippen molar-refractivity contribution in [1.82, 2.24) is 0 Å². The van der Waals surface area contributed by atoms with Crippen LogP contribution in [-0.4, -0.2) is 52.4 Å². The standard InChI is InChI=1S/C20H26O7/c1-5-11(2)17(22)26-15-9-19(4)6-7-20(24,27-19)13(10-21)8-14-16(15)12(3)18(23)25-14/h5,8,14-16,21,24H,3,6-7,9-10H2,1-2,4H3/b11-5-,13-8-/t14-,15?,16?,19?,20?/m1/s1. The van der Waals surface area contributed by atoms with Crippen molar-refractivity contribution in [3.05, 3.63) is 35.5 Å². The van der Waals surface area contributed by atoms with Crippen molar-refractivity contribution in [3.63, 3.8) is 0 Å². The molecule has 3 rings (SSSR count). The highest BCUT2D eigenvalue weighted by Crippen LogP contribution is 2.47. The van der Waals surface area contributed by atoms with E-state index in [0.29, 0.717) is 12.0 Å². The fourth-order valence-corrected chi connectivity index (χ4v) is 4.01. The van der Waals surface area contributed by atoms with Crippen LogP contribution in [0, 0.1) is 5.92 Å². The molecule has 4 unspecified atom stereocenters. The molecule has 5 atom stereocenters. The molecule has 3 heterocycles. The van der Waals surface area contributed by atoms with Crippen LogP contribution in [0.15, 0.2) is 35.5 Å². The van der Waals surface area contributed by atoms with Crippen molar-refractivity contribution >= 4 is 11.9 Å². The molecule has 7 heteroatoms. The Balaban J connectivity index is 2.05. The predicted octanol–water partition coefficient (Wildman–Crippen LogP) is 1.54. The van der Waals surface area contributed by atoms with E-state index in [9.17, 15) is 19.8 Å². The Hall–Kier alpha value is -1.96. The molecule has 2 saturated heterocycles. The Morgan fingerprint density at radius 1 is 1.48 bits per heavy atom. The number of hydrogen-bond donors (Lipinski definition) is 2. The van der Waals surface area contributed by atoms with Gasteiger partial charge in [0.25, 0.3) is 0 Å². The number of rotatable bonds is 3. The molecule has 2 bridgehead atoms. The van der Waals surface area contributed by atoms with Crippen LogP contribution < -0.4 is 0 Å². The van der Waals surface area contributed by atoms with Crippen LogP contribution in [0.5, 0.6) is 0 Å².